The maximum Gasteiger partial charge on any atom is 0.164 e. The molecule has 0 N–H and O–H groups in total. The molecular formula is C44H28N6. The van der Waals surface area contributed by atoms with Crippen LogP contribution in [0.25, 0.3) is 89.7 Å². The van der Waals surface area contributed by atoms with E-state index in [0.717, 1.165) is 72.3 Å². The van der Waals surface area contributed by atoms with E-state index in [-0.39, 0.29) is 0 Å². The first-order valence-electron chi connectivity index (χ1n) is 16.5. The van der Waals surface area contributed by atoms with Crippen LogP contribution in [0.1, 0.15) is 0 Å². The summed E-state index contributed by atoms with van der Waals surface area (Å²) < 4.78 is 0. The number of rotatable bonds is 6. The minimum absolute atomic E-state index is 0.584. The van der Waals surface area contributed by atoms with Crippen molar-refractivity contribution >= 4 is 21.9 Å². The summed E-state index contributed by atoms with van der Waals surface area (Å²) in [5.41, 5.74) is 10.9. The Bertz CT molecular complexity index is 2590. The minimum Gasteiger partial charge on any atom is -0.256 e. The van der Waals surface area contributed by atoms with Crippen molar-refractivity contribution in [3.05, 3.63) is 170 Å². The standard InChI is InChI=1S/C44H28N6/c1-3-13-30(14-4-1)42-48-43(31-15-5-2-6-16-31)50-44(49-42)35-21-10-20-34(28-35)41-40(46-37-24-7-8-25-38(37)47-41)33-19-9-18-32(27-33)36-23-11-17-29-22-12-26-45-39(29)36/h1-28H. The first-order chi connectivity index (χ1) is 24.8. The zero-order valence-corrected chi connectivity index (χ0v) is 26.8. The van der Waals surface area contributed by atoms with Gasteiger partial charge < -0.3 is 0 Å². The van der Waals surface area contributed by atoms with Crippen LogP contribution in [-0.4, -0.2) is 29.9 Å². The fraction of sp³-hybridized carbons (Fsp3) is 0. The van der Waals surface area contributed by atoms with E-state index in [0.29, 0.717) is 17.5 Å². The molecule has 3 heterocycles. The molecule has 50 heavy (non-hydrogen) atoms. The van der Waals surface area contributed by atoms with E-state index in [9.17, 15) is 0 Å². The van der Waals surface area contributed by atoms with Gasteiger partial charge in [0, 0.05) is 45.0 Å². The highest BCUT2D eigenvalue weighted by Gasteiger charge is 2.17. The maximum absolute atomic E-state index is 5.21. The predicted molar refractivity (Wildman–Crippen MR) is 201 cm³/mol. The lowest BCUT2D eigenvalue weighted by atomic mass is 9.97. The molecule has 9 aromatic rings. The highest BCUT2D eigenvalue weighted by molar-refractivity contribution is 5.95. The summed E-state index contributed by atoms with van der Waals surface area (Å²) in [4.78, 5) is 29.9. The van der Waals surface area contributed by atoms with Gasteiger partial charge in [0.2, 0.25) is 0 Å². The second kappa shape index (κ2) is 12.6. The van der Waals surface area contributed by atoms with Gasteiger partial charge in [0.15, 0.2) is 17.5 Å². The molecule has 0 radical (unpaired) electrons. The Morgan fingerprint density at radius 3 is 1.40 bits per heavy atom. The Hall–Kier alpha value is -6.92. The van der Waals surface area contributed by atoms with Crippen molar-refractivity contribution in [2.75, 3.05) is 0 Å². The third-order valence-corrected chi connectivity index (χ3v) is 8.74. The van der Waals surface area contributed by atoms with Gasteiger partial charge in [-0.15, -0.1) is 0 Å². The molecular weight excluding hydrogens is 613 g/mol. The number of hydrogen-bond donors (Lipinski definition) is 0. The Morgan fingerprint density at radius 2 is 0.780 bits per heavy atom. The lowest BCUT2D eigenvalue weighted by Crippen LogP contribution is -2.00. The lowest BCUT2D eigenvalue weighted by molar-refractivity contribution is 1.07. The highest BCUT2D eigenvalue weighted by Crippen LogP contribution is 2.36. The first-order valence-corrected chi connectivity index (χ1v) is 16.5. The second-order valence-corrected chi connectivity index (χ2v) is 12.0. The van der Waals surface area contributed by atoms with Crippen LogP contribution in [0, 0.1) is 0 Å². The molecule has 0 saturated carbocycles. The average molecular weight is 641 g/mol. The van der Waals surface area contributed by atoms with Crippen molar-refractivity contribution in [2.45, 2.75) is 0 Å². The van der Waals surface area contributed by atoms with Gasteiger partial charge in [-0.2, -0.15) is 0 Å². The van der Waals surface area contributed by atoms with Gasteiger partial charge in [-0.3, -0.25) is 4.98 Å². The minimum atomic E-state index is 0.584. The van der Waals surface area contributed by atoms with Crippen molar-refractivity contribution in [3.8, 4) is 67.8 Å². The van der Waals surface area contributed by atoms with Crippen LogP contribution in [0.5, 0.6) is 0 Å². The monoisotopic (exact) mass is 640 g/mol. The molecule has 6 aromatic carbocycles. The summed E-state index contributed by atoms with van der Waals surface area (Å²) in [6.45, 7) is 0. The topological polar surface area (TPSA) is 77.3 Å². The molecule has 0 spiro atoms. The Balaban J connectivity index is 1.21. The van der Waals surface area contributed by atoms with E-state index in [4.69, 9.17) is 29.9 Å². The molecule has 0 aliphatic heterocycles. The Labute approximate surface area is 288 Å². The van der Waals surface area contributed by atoms with Crippen LogP contribution in [-0.2, 0) is 0 Å². The van der Waals surface area contributed by atoms with E-state index in [1.165, 1.54) is 0 Å². The molecule has 0 saturated heterocycles. The lowest BCUT2D eigenvalue weighted by Gasteiger charge is -2.13. The van der Waals surface area contributed by atoms with Crippen molar-refractivity contribution in [1.82, 2.24) is 29.9 Å². The molecule has 0 atom stereocenters. The van der Waals surface area contributed by atoms with Gasteiger partial charge >= 0.3 is 0 Å². The molecule has 6 nitrogen and oxygen atoms in total. The van der Waals surface area contributed by atoms with Crippen molar-refractivity contribution in [2.24, 2.45) is 0 Å². The maximum atomic E-state index is 5.21. The van der Waals surface area contributed by atoms with Gasteiger partial charge in [-0.05, 0) is 35.9 Å². The van der Waals surface area contributed by atoms with E-state index in [2.05, 4.69) is 60.7 Å². The van der Waals surface area contributed by atoms with Crippen molar-refractivity contribution < 1.29 is 0 Å². The van der Waals surface area contributed by atoms with Crippen molar-refractivity contribution in [1.29, 1.82) is 0 Å². The molecule has 0 unspecified atom stereocenters. The molecule has 0 bridgehead atoms. The number of fused-ring (bicyclic) bond motifs is 2. The number of para-hydroxylation sites is 3. The normalized spacial score (nSPS) is 11.2. The number of hydrogen-bond acceptors (Lipinski definition) is 6. The van der Waals surface area contributed by atoms with Gasteiger partial charge in [-0.25, -0.2) is 24.9 Å². The van der Waals surface area contributed by atoms with Crippen LogP contribution in [0.2, 0.25) is 0 Å². The summed E-state index contributed by atoms with van der Waals surface area (Å²) in [7, 11) is 0. The second-order valence-electron chi connectivity index (χ2n) is 12.0. The van der Waals surface area contributed by atoms with Gasteiger partial charge in [0.25, 0.3) is 0 Å². The molecule has 3 aromatic heterocycles. The molecule has 9 rings (SSSR count). The molecule has 0 aliphatic rings. The number of aromatic nitrogens is 6. The van der Waals surface area contributed by atoms with Crippen LogP contribution in [0.15, 0.2) is 170 Å². The number of benzene rings is 6. The fourth-order valence-corrected chi connectivity index (χ4v) is 6.32. The van der Waals surface area contributed by atoms with E-state index >= 15 is 0 Å². The third kappa shape index (κ3) is 5.55. The summed E-state index contributed by atoms with van der Waals surface area (Å²) in [5, 5.41) is 1.10. The van der Waals surface area contributed by atoms with Gasteiger partial charge in [-0.1, -0.05) is 133 Å². The van der Waals surface area contributed by atoms with E-state index < -0.39 is 0 Å². The fourth-order valence-electron chi connectivity index (χ4n) is 6.32. The van der Waals surface area contributed by atoms with Crippen molar-refractivity contribution in [3.63, 3.8) is 0 Å². The smallest absolute Gasteiger partial charge is 0.164 e. The van der Waals surface area contributed by atoms with Gasteiger partial charge in [0.1, 0.15) is 0 Å². The van der Waals surface area contributed by atoms with Crippen LogP contribution in [0.3, 0.4) is 0 Å². The zero-order valence-electron chi connectivity index (χ0n) is 26.8. The van der Waals surface area contributed by atoms with Gasteiger partial charge in [0.05, 0.1) is 27.9 Å². The molecule has 0 aliphatic carbocycles. The summed E-state index contributed by atoms with van der Waals surface area (Å²) >= 11 is 0. The van der Waals surface area contributed by atoms with Crippen LogP contribution < -0.4 is 0 Å². The quantitative estimate of drug-likeness (QED) is 0.180. The molecule has 6 heteroatoms. The SMILES string of the molecule is c1ccc(-c2nc(-c3ccccc3)nc(-c3cccc(-c4nc5ccccc5nc4-c4cccc(-c5cccc6cccnc56)c4)c3)n2)cc1. The highest BCUT2D eigenvalue weighted by atomic mass is 15.0. The summed E-state index contributed by atoms with van der Waals surface area (Å²) in [5.74, 6) is 1.82. The molecule has 234 valence electrons. The predicted octanol–water partition coefficient (Wildman–Crippen LogP) is 10.4. The third-order valence-electron chi connectivity index (χ3n) is 8.74. The average Bonchev–Trinajstić information content (AvgIpc) is 3.20. The number of nitrogens with zero attached hydrogens (tertiary/aromatic N) is 6. The molecule has 0 amide bonds. The molecule has 0 fully saturated rings. The summed E-state index contributed by atoms with van der Waals surface area (Å²) in [6.07, 6.45) is 1.84. The Kier molecular flexibility index (Phi) is 7.37. The zero-order chi connectivity index (χ0) is 33.3. The van der Waals surface area contributed by atoms with Crippen LogP contribution in [0.4, 0.5) is 0 Å². The summed E-state index contributed by atoms with van der Waals surface area (Å²) in [6, 6.07) is 55.1. The van der Waals surface area contributed by atoms with E-state index in [1.807, 2.05) is 109 Å². The number of pyridine rings is 1. The Morgan fingerprint density at radius 1 is 0.320 bits per heavy atom. The first kappa shape index (κ1) is 29.2. The van der Waals surface area contributed by atoms with Crippen LogP contribution >= 0.6 is 0 Å². The van der Waals surface area contributed by atoms with E-state index in [1.54, 1.807) is 0 Å². The largest absolute Gasteiger partial charge is 0.256 e.